The Bertz CT molecular complexity index is 691. The number of hydrogen-bond acceptors (Lipinski definition) is 5. The van der Waals surface area contributed by atoms with Crippen molar-refractivity contribution in [1.82, 2.24) is 9.97 Å². The number of unbranched alkanes of at least 4 members (excludes halogenated alkanes) is 2. The number of methoxy groups -OCH3 is 1. The van der Waals surface area contributed by atoms with Gasteiger partial charge in [-0.3, -0.25) is 0 Å². The first-order valence-corrected chi connectivity index (χ1v) is 8.62. The Morgan fingerprint density at radius 2 is 1.83 bits per heavy atom. The second kappa shape index (κ2) is 8.73. The van der Waals surface area contributed by atoms with Gasteiger partial charge in [0.25, 0.3) is 0 Å². The van der Waals surface area contributed by atoms with Crippen molar-refractivity contribution in [1.29, 1.82) is 0 Å². The van der Waals surface area contributed by atoms with Crippen molar-refractivity contribution >= 4 is 28.9 Å². The molecule has 130 valence electrons. The number of nitrogens with one attached hydrogen (secondary N) is 2. The fraction of sp³-hybridized carbons (Fsp3) is 0.444. The second-order valence-corrected chi connectivity index (χ2v) is 6.15. The number of halogens is 1. The van der Waals surface area contributed by atoms with Crippen LogP contribution in [0.5, 0.6) is 5.75 Å². The average Bonchev–Trinajstić information content (AvgIpc) is 2.54. The predicted molar refractivity (Wildman–Crippen MR) is 101 cm³/mol. The van der Waals surface area contributed by atoms with Crippen molar-refractivity contribution in [3.05, 3.63) is 34.6 Å². The molecule has 1 aromatic heterocycles. The molecule has 1 aromatic carbocycles. The maximum Gasteiger partial charge on any atom is 0.143 e. The van der Waals surface area contributed by atoms with Gasteiger partial charge in [0, 0.05) is 23.7 Å². The van der Waals surface area contributed by atoms with Gasteiger partial charge in [-0.05, 0) is 31.9 Å². The number of anilines is 3. The minimum absolute atomic E-state index is 0.676. The van der Waals surface area contributed by atoms with Crippen molar-refractivity contribution in [2.75, 3.05) is 24.3 Å². The minimum atomic E-state index is 0.676. The maximum absolute atomic E-state index is 6.16. The quantitative estimate of drug-likeness (QED) is 0.650. The van der Waals surface area contributed by atoms with E-state index in [1.807, 2.05) is 26.0 Å². The highest BCUT2D eigenvalue weighted by atomic mass is 35.5. The number of ether oxygens (including phenoxy) is 1. The molecule has 0 unspecified atom stereocenters. The average molecular weight is 349 g/mol. The third-order valence-corrected chi connectivity index (χ3v) is 4.08. The van der Waals surface area contributed by atoms with Crippen molar-refractivity contribution in [2.24, 2.45) is 0 Å². The molecule has 5 nitrogen and oxygen atoms in total. The Hall–Kier alpha value is -2.01. The van der Waals surface area contributed by atoms with Gasteiger partial charge >= 0.3 is 0 Å². The standard InChI is InChI=1S/C18H25ClN4O/c1-5-6-7-8-20-17-11-18(22-13(3)21-17)23-15-9-12(2)14(19)10-16(15)24-4/h9-11H,5-8H2,1-4H3,(H2,20,21,22,23). The summed E-state index contributed by atoms with van der Waals surface area (Å²) in [5.74, 6) is 2.94. The second-order valence-electron chi connectivity index (χ2n) is 5.75. The van der Waals surface area contributed by atoms with E-state index in [9.17, 15) is 0 Å². The summed E-state index contributed by atoms with van der Waals surface area (Å²) in [5.41, 5.74) is 1.80. The lowest BCUT2D eigenvalue weighted by Gasteiger charge is -2.14. The van der Waals surface area contributed by atoms with Crippen LogP contribution in [0, 0.1) is 13.8 Å². The Morgan fingerprint density at radius 1 is 1.08 bits per heavy atom. The van der Waals surface area contributed by atoms with Crippen LogP contribution in [0.25, 0.3) is 0 Å². The molecule has 0 radical (unpaired) electrons. The number of aromatic nitrogens is 2. The summed E-state index contributed by atoms with van der Waals surface area (Å²) in [6.45, 7) is 6.94. The molecule has 0 aliphatic carbocycles. The fourth-order valence-corrected chi connectivity index (χ4v) is 2.54. The van der Waals surface area contributed by atoms with E-state index in [0.717, 1.165) is 35.9 Å². The first-order chi connectivity index (χ1) is 11.5. The molecule has 24 heavy (non-hydrogen) atoms. The smallest absolute Gasteiger partial charge is 0.143 e. The van der Waals surface area contributed by atoms with Gasteiger partial charge < -0.3 is 15.4 Å². The number of aryl methyl sites for hydroxylation is 2. The van der Waals surface area contributed by atoms with Gasteiger partial charge in [-0.25, -0.2) is 9.97 Å². The van der Waals surface area contributed by atoms with Gasteiger partial charge in [-0.2, -0.15) is 0 Å². The van der Waals surface area contributed by atoms with Gasteiger partial charge in [-0.1, -0.05) is 31.4 Å². The molecule has 0 aliphatic heterocycles. The molecule has 2 rings (SSSR count). The van der Waals surface area contributed by atoms with E-state index in [1.54, 1.807) is 13.2 Å². The van der Waals surface area contributed by atoms with E-state index >= 15 is 0 Å². The van der Waals surface area contributed by atoms with Crippen molar-refractivity contribution in [3.8, 4) is 5.75 Å². The Morgan fingerprint density at radius 3 is 2.54 bits per heavy atom. The van der Waals surface area contributed by atoms with Crippen LogP contribution >= 0.6 is 11.6 Å². The predicted octanol–water partition coefficient (Wildman–Crippen LogP) is 5.10. The first-order valence-electron chi connectivity index (χ1n) is 8.24. The molecule has 0 atom stereocenters. The summed E-state index contributed by atoms with van der Waals surface area (Å²) >= 11 is 6.16. The Kier molecular flexibility index (Phi) is 6.67. The molecular weight excluding hydrogens is 324 g/mol. The zero-order chi connectivity index (χ0) is 17.5. The molecule has 1 heterocycles. The number of benzene rings is 1. The molecule has 0 aliphatic rings. The van der Waals surface area contributed by atoms with E-state index < -0.39 is 0 Å². The van der Waals surface area contributed by atoms with Gasteiger partial charge in [0.15, 0.2) is 0 Å². The lowest BCUT2D eigenvalue weighted by Crippen LogP contribution is -2.06. The Balaban J connectivity index is 2.17. The third-order valence-electron chi connectivity index (χ3n) is 3.67. The van der Waals surface area contributed by atoms with Crippen LogP contribution in [0.15, 0.2) is 18.2 Å². The molecule has 0 bridgehead atoms. The van der Waals surface area contributed by atoms with E-state index in [2.05, 4.69) is 27.5 Å². The van der Waals surface area contributed by atoms with Crippen LogP contribution in [-0.4, -0.2) is 23.6 Å². The summed E-state index contributed by atoms with van der Waals surface area (Å²) in [6.07, 6.45) is 3.54. The summed E-state index contributed by atoms with van der Waals surface area (Å²) in [4.78, 5) is 8.88. The first kappa shape index (κ1) is 18.3. The van der Waals surface area contributed by atoms with Crippen LogP contribution in [0.2, 0.25) is 5.02 Å². The molecule has 0 fully saturated rings. The summed E-state index contributed by atoms with van der Waals surface area (Å²) in [6, 6.07) is 5.66. The zero-order valence-electron chi connectivity index (χ0n) is 14.7. The van der Waals surface area contributed by atoms with E-state index in [1.165, 1.54) is 12.8 Å². The largest absolute Gasteiger partial charge is 0.495 e. The highest BCUT2D eigenvalue weighted by molar-refractivity contribution is 6.31. The van der Waals surface area contributed by atoms with Gasteiger partial charge in [0.2, 0.25) is 0 Å². The van der Waals surface area contributed by atoms with E-state index in [4.69, 9.17) is 16.3 Å². The molecule has 0 amide bonds. The highest BCUT2D eigenvalue weighted by Crippen LogP contribution is 2.32. The van der Waals surface area contributed by atoms with Crippen molar-refractivity contribution in [3.63, 3.8) is 0 Å². The van der Waals surface area contributed by atoms with Crippen LogP contribution in [0.4, 0.5) is 17.3 Å². The van der Waals surface area contributed by atoms with E-state index in [0.29, 0.717) is 16.6 Å². The number of nitrogens with zero attached hydrogens (tertiary/aromatic N) is 2. The molecule has 2 N–H and O–H groups in total. The monoisotopic (exact) mass is 348 g/mol. The topological polar surface area (TPSA) is 59.1 Å². The molecular formula is C18H25ClN4O. The molecule has 6 heteroatoms. The van der Waals surface area contributed by atoms with Gasteiger partial charge in [0.1, 0.15) is 23.2 Å². The van der Waals surface area contributed by atoms with Crippen LogP contribution in [0.1, 0.15) is 37.6 Å². The van der Waals surface area contributed by atoms with Crippen molar-refractivity contribution < 1.29 is 4.74 Å². The summed E-state index contributed by atoms with van der Waals surface area (Å²) in [5, 5.41) is 7.33. The normalized spacial score (nSPS) is 10.5. The van der Waals surface area contributed by atoms with Crippen LogP contribution < -0.4 is 15.4 Å². The third kappa shape index (κ3) is 4.99. The lowest BCUT2D eigenvalue weighted by atomic mass is 10.2. The molecule has 0 spiro atoms. The summed E-state index contributed by atoms with van der Waals surface area (Å²) in [7, 11) is 1.62. The van der Waals surface area contributed by atoms with Gasteiger partial charge in [-0.15, -0.1) is 0 Å². The molecule has 2 aromatic rings. The SMILES string of the molecule is CCCCCNc1cc(Nc2cc(C)c(Cl)cc2OC)nc(C)n1. The number of hydrogen-bond donors (Lipinski definition) is 2. The molecule has 0 saturated heterocycles. The van der Waals surface area contributed by atoms with Crippen LogP contribution in [-0.2, 0) is 0 Å². The maximum atomic E-state index is 6.16. The zero-order valence-corrected chi connectivity index (χ0v) is 15.5. The minimum Gasteiger partial charge on any atom is -0.495 e. The van der Waals surface area contributed by atoms with Gasteiger partial charge in [0.05, 0.1) is 12.8 Å². The highest BCUT2D eigenvalue weighted by Gasteiger charge is 2.09. The molecule has 0 saturated carbocycles. The van der Waals surface area contributed by atoms with E-state index in [-0.39, 0.29) is 0 Å². The Labute approximate surface area is 148 Å². The summed E-state index contributed by atoms with van der Waals surface area (Å²) < 4.78 is 5.40. The fourth-order valence-electron chi connectivity index (χ4n) is 2.38. The lowest BCUT2D eigenvalue weighted by molar-refractivity contribution is 0.416. The van der Waals surface area contributed by atoms with Crippen molar-refractivity contribution in [2.45, 2.75) is 40.0 Å². The van der Waals surface area contributed by atoms with Crippen LogP contribution in [0.3, 0.4) is 0 Å². The number of rotatable bonds is 8.